The molecule has 0 radical (unpaired) electrons. The molecule has 4 rings (SSSR count). The number of nitrogens with zero attached hydrogens (tertiary/aromatic N) is 1. The molecular formula is C27H39NO4. The van der Waals surface area contributed by atoms with E-state index < -0.39 is 5.41 Å². The van der Waals surface area contributed by atoms with Gasteiger partial charge in [-0.05, 0) is 81.1 Å². The van der Waals surface area contributed by atoms with E-state index >= 15 is 0 Å². The zero-order valence-corrected chi connectivity index (χ0v) is 19.9. The van der Waals surface area contributed by atoms with E-state index in [1.165, 1.54) is 25.7 Å². The van der Waals surface area contributed by atoms with Gasteiger partial charge in [-0.2, -0.15) is 0 Å². The molecule has 0 atom stereocenters. The van der Waals surface area contributed by atoms with Gasteiger partial charge in [0, 0.05) is 13.1 Å². The van der Waals surface area contributed by atoms with Gasteiger partial charge in [-0.1, -0.05) is 44.2 Å². The monoisotopic (exact) mass is 441 g/mol. The van der Waals surface area contributed by atoms with Gasteiger partial charge >= 0.3 is 12.1 Å². The molecule has 3 fully saturated rings. The van der Waals surface area contributed by atoms with Crippen LogP contribution >= 0.6 is 0 Å². The molecule has 0 spiro atoms. The van der Waals surface area contributed by atoms with Crippen LogP contribution in [0.5, 0.6) is 0 Å². The number of benzene rings is 1. The molecule has 1 aromatic carbocycles. The molecule has 1 amide bonds. The maximum Gasteiger partial charge on any atom is 0.410 e. The SMILES string of the molecule is CCOC(=O)C1(Cc2ccccc2)CCN(C(=O)OC2C3CC(C)CC2CC(C)C3)CC1. The normalized spacial score (nSPS) is 31.6. The van der Waals surface area contributed by atoms with Crippen LogP contribution in [0.25, 0.3) is 0 Å². The van der Waals surface area contributed by atoms with Crippen LogP contribution in [0.4, 0.5) is 4.79 Å². The summed E-state index contributed by atoms with van der Waals surface area (Å²) < 4.78 is 11.6. The maximum atomic E-state index is 13.1. The lowest BCUT2D eigenvalue weighted by Crippen LogP contribution is -2.51. The molecule has 5 nitrogen and oxygen atoms in total. The van der Waals surface area contributed by atoms with E-state index in [1.807, 2.05) is 30.0 Å². The summed E-state index contributed by atoms with van der Waals surface area (Å²) in [6.07, 6.45) is 6.43. The van der Waals surface area contributed by atoms with E-state index in [2.05, 4.69) is 26.0 Å². The summed E-state index contributed by atoms with van der Waals surface area (Å²) in [5.74, 6) is 2.31. The third-order valence-corrected chi connectivity index (χ3v) is 8.06. The van der Waals surface area contributed by atoms with Crippen molar-refractivity contribution in [1.82, 2.24) is 4.90 Å². The minimum Gasteiger partial charge on any atom is -0.466 e. The highest BCUT2D eigenvalue weighted by Crippen LogP contribution is 2.46. The Morgan fingerprint density at radius 3 is 2.06 bits per heavy atom. The number of fused-ring (bicyclic) bond motifs is 2. The quantitative estimate of drug-likeness (QED) is 0.569. The molecule has 3 aliphatic rings. The third kappa shape index (κ3) is 4.97. The topological polar surface area (TPSA) is 55.8 Å². The third-order valence-electron chi connectivity index (χ3n) is 8.06. The Morgan fingerprint density at radius 1 is 0.969 bits per heavy atom. The second-order valence-corrected chi connectivity index (χ2v) is 10.7. The molecule has 0 N–H and O–H groups in total. The molecule has 5 heteroatoms. The van der Waals surface area contributed by atoms with Crippen molar-refractivity contribution in [2.24, 2.45) is 29.1 Å². The molecule has 1 aliphatic heterocycles. The van der Waals surface area contributed by atoms with E-state index in [-0.39, 0.29) is 18.2 Å². The summed E-state index contributed by atoms with van der Waals surface area (Å²) in [5, 5.41) is 0. The molecule has 0 aromatic heterocycles. The lowest BCUT2D eigenvalue weighted by Gasteiger charge is -2.47. The Labute approximate surface area is 192 Å². The van der Waals surface area contributed by atoms with Crippen LogP contribution in [0.2, 0.25) is 0 Å². The predicted octanol–water partition coefficient (Wildman–Crippen LogP) is 5.47. The van der Waals surface area contributed by atoms with E-state index in [0.717, 1.165) is 17.4 Å². The lowest BCUT2D eigenvalue weighted by atomic mass is 9.63. The van der Waals surface area contributed by atoms with Crippen molar-refractivity contribution in [3.8, 4) is 0 Å². The van der Waals surface area contributed by atoms with Gasteiger partial charge < -0.3 is 14.4 Å². The fourth-order valence-corrected chi connectivity index (χ4v) is 6.60. The van der Waals surface area contributed by atoms with Crippen LogP contribution in [0.3, 0.4) is 0 Å². The molecular weight excluding hydrogens is 402 g/mol. The minimum atomic E-state index is -0.569. The number of amides is 1. The smallest absolute Gasteiger partial charge is 0.410 e. The fraction of sp³-hybridized carbons (Fsp3) is 0.704. The van der Waals surface area contributed by atoms with Crippen molar-refractivity contribution >= 4 is 12.1 Å². The van der Waals surface area contributed by atoms with E-state index in [9.17, 15) is 9.59 Å². The summed E-state index contributed by atoms with van der Waals surface area (Å²) in [5.41, 5.74) is 0.565. The van der Waals surface area contributed by atoms with Crippen LogP contribution < -0.4 is 0 Å². The molecule has 176 valence electrons. The second-order valence-electron chi connectivity index (χ2n) is 10.7. The Balaban J connectivity index is 1.40. The highest BCUT2D eigenvalue weighted by atomic mass is 16.6. The molecule has 2 saturated carbocycles. The van der Waals surface area contributed by atoms with Crippen molar-refractivity contribution in [2.45, 2.75) is 71.8 Å². The first kappa shape index (κ1) is 23.1. The average molecular weight is 442 g/mol. The standard InChI is InChI=1S/C27H39NO4/c1-4-31-25(29)27(18-21-8-6-5-7-9-21)10-12-28(13-11-27)26(30)32-24-22-14-19(2)15-23(24)17-20(3)16-22/h5-9,19-20,22-24H,4,10-18H2,1-3H3. The van der Waals surface area contributed by atoms with Crippen LogP contribution in [0, 0.1) is 29.1 Å². The minimum absolute atomic E-state index is 0.0657. The van der Waals surface area contributed by atoms with Gasteiger partial charge in [0.15, 0.2) is 0 Å². The molecule has 2 bridgehead atoms. The summed E-state index contributed by atoms with van der Waals surface area (Å²) in [6.45, 7) is 7.98. The summed E-state index contributed by atoms with van der Waals surface area (Å²) >= 11 is 0. The number of rotatable bonds is 5. The number of carbonyl (C=O) groups excluding carboxylic acids is 2. The predicted molar refractivity (Wildman–Crippen MR) is 124 cm³/mol. The van der Waals surface area contributed by atoms with Gasteiger partial charge in [0.25, 0.3) is 0 Å². The zero-order chi connectivity index (χ0) is 22.7. The number of ether oxygens (including phenoxy) is 2. The highest BCUT2D eigenvalue weighted by molar-refractivity contribution is 5.78. The summed E-state index contributed by atoms with van der Waals surface area (Å²) in [7, 11) is 0. The van der Waals surface area contributed by atoms with E-state index in [0.29, 0.717) is 50.8 Å². The number of carbonyl (C=O) groups is 2. The van der Waals surface area contributed by atoms with Gasteiger partial charge in [0.2, 0.25) is 0 Å². The first-order valence-corrected chi connectivity index (χ1v) is 12.6. The summed E-state index contributed by atoms with van der Waals surface area (Å²) in [6, 6.07) is 10.1. The van der Waals surface area contributed by atoms with Gasteiger partial charge in [-0.3, -0.25) is 4.79 Å². The molecule has 0 unspecified atom stereocenters. The molecule has 2 aliphatic carbocycles. The zero-order valence-electron chi connectivity index (χ0n) is 19.9. The molecule has 1 saturated heterocycles. The number of esters is 1. The van der Waals surface area contributed by atoms with Crippen LogP contribution in [0.1, 0.15) is 64.9 Å². The number of hydrogen-bond donors (Lipinski definition) is 0. The Morgan fingerprint density at radius 2 is 1.53 bits per heavy atom. The molecule has 1 heterocycles. The first-order chi connectivity index (χ1) is 15.4. The highest BCUT2D eigenvalue weighted by Gasteiger charge is 2.46. The fourth-order valence-electron chi connectivity index (χ4n) is 6.60. The Bertz CT molecular complexity index is 756. The molecule has 32 heavy (non-hydrogen) atoms. The van der Waals surface area contributed by atoms with Gasteiger partial charge in [-0.15, -0.1) is 0 Å². The second kappa shape index (κ2) is 9.84. The Kier molecular flexibility index (Phi) is 7.11. The average Bonchev–Trinajstić information content (AvgIpc) is 2.76. The van der Waals surface area contributed by atoms with E-state index in [4.69, 9.17) is 9.47 Å². The van der Waals surface area contributed by atoms with E-state index in [1.54, 1.807) is 0 Å². The van der Waals surface area contributed by atoms with Crippen molar-refractivity contribution in [3.63, 3.8) is 0 Å². The van der Waals surface area contributed by atoms with Crippen molar-refractivity contribution < 1.29 is 19.1 Å². The van der Waals surface area contributed by atoms with Crippen LogP contribution in [0.15, 0.2) is 30.3 Å². The number of likely N-dealkylation sites (tertiary alicyclic amines) is 1. The van der Waals surface area contributed by atoms with Crippen LogP contribution in [-0.4, -0.2) is 42.8 Å². The maximum absolute atomic E-state index is 13.1. The van der Waals surface area contributed by atoms with Crippen molar-refractivity contribution in [2.75, 3.05) is 19.7 Å². The number of piperidine rings is 1. The van der Waals surface area contributed by atoms with Gasteiger partial charge in [0.1, 0.15) is 6.10 Å². The van der Waals surface area contributed by atoms with Gasteiger partial charge in [-0.25, -0.2) is 4.79 Å². The largest absolute Gasteiger partial charge is 0.466 e. The van der Waals surface area contributed by atoms with Gasteiger partial charge in [0.05, 0.1) is 12.0 Å². The summed E-state index contributed by atoms with van der Waals surface area (Å²) in [4.78, 5) is 27.9. The van der Waals surface area contributed by atoms with Crippen molar-refractivity contribution in [1.29, 1.82) is 0 Å². The number of hydrogen-bond acceptors (Lipinski definition) is 4. The lowest BCUT2D eigenvalue weighted by molar-refractivity contribution is -0.158. The first-order valence-electron chi connectivity index (χ1n) is 12.6. The van der Waals surface area contributed by atoms with Crippen LogP contribution in [-0.2, 0) is 20.7 Å². The molecule has 1 aromatic rings. The van der Waals surface area contributed by atoms with Crippen molar-refractivity contribution in [3.05, 3.63) is 35.9 Å². The Hall–Kier alpha value is -2.04.